The Hall–Kier alpha value is -1.43. The summed E-state index contributed by atoms with van der Waals surface area (Å²) in [5.41, 5.74) is 0. The predicted octanol–water partition coefficient (Wildman–Crippen LogP) is 0.148. The number of aromatic nitrogens is 3. The van der Waals surface area contributed by atoms with Gasteiger partial charge in [-0.25, -0.2) is 4.98 Å². The van der Waals surface area contributed by atoms with Crippen LogP contribution in [0.15, 0.2) is 6.33 Å². The van der Waals surface area contributed by atoms with Gasteiger partial charge in [-0.05, 0) is 13.3 Å². The molecule has 0 saturated heterocycles. The molecule has 3 N–H and O–H groups in total. The molecule has 6 heteroatoms. The maximum atomic E-state index is 10.3. The van der Waals surface area contributed by atoms with E-state index in [9.17, 15) is 4.79 Å². The number of aliphatic carboxylic acids is 1. The molecule has 0 amide bonds. The molecule has 14 heavy (non-hydrogen) atoms. The van der Waals surface area contributed by atoms with Crippen LogP contribution in [0.5, 0.6) is 0 Å². The van der Waals surface area contributed by atoms with E-state index in [1.165, 1.54) is 6.33 Å². The first-order valence-corrected chi connectivity index (χ1v) is 4.48. The Morgan fingerprint density at radius 3 is 3.14 bits per heavy atom. The lowest BCUT2D eigenvalue weighted by Crippen LogP contribution is -2.26. The Bertz CT molecular complexity index is 273. The van der Waals surface area contributed by atoms with E-state index < -0.39 is 5.97 Å². The topological polar surface area (TPSA) is 90.9 Å². The molecule has 0 radical (unpaired) electrons. The van der Waals surface area contributed by atoms with Crippen LogP contribution in [0.4, 0.5) is 0 Å². The number of H-pyrrole nitrogens is 1. The lowest BCUT2D eigenvalue weighted by atomic mass is 10.2. The first-order valence-electron chi connectivity index (χ1n) is 4.48. The van der Waals surface area contributed by atoms with Gasteiger partial charge in [-0.2, -0.15) is 5.10 Å². The molecule has 0 spiro atoms. The van der Waals surface area contributed by atoms with Crippen LogP contribution in [0.3, 0.4) is 0 Å². The highest BCUT2D eigenvalue weighted by molar-refractivity contribution is 5.66. The fraction of sp³-hybridized carbons (Fsp3) is 0.625. The number of hydrogen-bond acceptors (Lipinski definition) is 4. The number of nitrogens with zero attached hydrogens (tertiary/aromatic N) is 2. The van der Waals surface area contributed by atoms with Crippen molar-refractivity contribution in [2.24, 2.45) is 0 Å². The summed E-state index contributed by atoms with van der Waals surface area (Å²) in [6.45, 7) is 2.53. The summed E-state index contributed by atoms with van der Waals surface area (Å²) in [6, 6.07) is 0.163. The van der Waals surface area contributed by atoms with Gasteiger partial charge in [0.2, 0.25) is 0 Å². The van der Waals surface area contributed by atoms with Gasteiger partial charge in [0.1, 0.15) is 12.2 Å². The Kier molecular flexibility index (Phi) is 4.06. The van der Waals surface area contributed by atoms with Crippen molar-refractivity contribution in [3.63, 3.8) is 0 Å². The van der Waals surface area contributed by atoms with Crippen molar-refractivity contribution in [2.75, 3.05) is 0 Å². The zero-order valence-electron chi connectivity index (χ0n) is 8.03. The molecule has 0 saturated carbocycles. The van der Waals surface area contributed by atoms with Gasteiger partial charge in [-0.1, -0.05) is 0 Å². The third-order valence-electron chi connectivity index (χ3n) is 1.87. The summed E-state index contributed by atoms with van der Waals surface area (Å²) >= 11 is 0. The van der Waals surface area contributed by atoms with Crippen LogP contribution in [-0.4, -0.2) is 32.3 Å². The van der Waals surface area contributed by atoms with E-state index in [1.54, 1.807) is 0 Å². The van der Waals surface area contributed by atoms with Gasteiger partial charge in [0.05, 0.1) is 6.54 Å². The SMILES string of the molecule is CC(CCC(=O)O)NCc1ncn[nH]1. The minimum absolute atomic E-state index is 0.163. The number of hydrogen-bond donors (Lipinski definition) is 3. The van der Waals surface area contributed by atoms with E-state index in [1.807, 2.05) is 6.92 Å². The third-order valence-corrected chi connectivity index (χ3v) is 1.87. The van der Waals surface area contributed by atoms with Crippen molar-refractivity contribution in [3.05, 3.63) is 12.2 Å². The highest BCUT2D eigenvalue weighted by Crippen LogP contribution is 1.97. The average molecular weight is 198 g/mol. The molecule has 1 heterocycles. The van der Waals surface area contributed by atoms with E-state index in [4.69, 9.17) is 5.11 Å². The summed E-state index contributed by atoms with van der Waals surface area (Å²) in [4.78, 5) is 14.2. The van der Waals surface area contributed by atoms with Crippen LogP contribution < -0.4 is 5.32 Å². The molecule has 78 valence electrons. The summed E-state index contributed by atoms with van der Waals surface area (Å²) in [5, 5.41) is 18.0. The van der Waals surface area contributed by atoms with E-state index in [2.05, 4.69) is 20.5 Å². The molecule has 1 unspecified atom stereocenters. The fourth-order valence-corrected chi connectivity index (χ4v) is 1.03. The summed E-state index contributed by atoms with van der Waals surface area (Å²) in [6.07, 6.45) is 2.24. The Labute approximate surface area is 81.7 Å². The van der Waals surface area contributed by atoms with Crippen LogP contribution in [0.25, 0.3) is 0 Å². The van der Waals surface area contributed by atoms with Crippen LogP contribution in [0, 0.1) is 0 Å². The summed E-state index contributed by atoms with van der Waals surface area (Å²) < 4.78 is 0. The van der Waals surface area contributed by atoms with Gasteiger partial charge in [0, 0.05) is 12.5 Å². The number of aromatic amines is 1. The molecule has 0 aromatic carbocycles. The lowest BCUT2D eigenvalue weighted by Gasteiger charge is -2.10. The van der Waals surface area contributed by atoms with Crippen LogP contribution in [0.2, 0.25) is 0 Å². The van der Waals surface area contributed by atoms with Gasteiger partial charge in [0.25, 0.3) is 0 Å². The smallest absolute Gasteiger partial charge is 0.303 e. The van der Waals surface area contributed by atoms with Gasteiger partial charge >= 0.3 is 5.97 Å². The lowest BCUT2D eigenvalue weighted by molar-refractivity contribution is -0.137. The molecule has 0 bridgehead atoms. The monoisotopic (exact) mass is 198 g/mol. The van der Waals surface area contributed by atoms with E-state index in [-0.39, 0.29) is 12.5 Å². The minimum atomic E-state index is -0.765. The van der Waals surface area contributed by atoms with Gasteiger partial charge in [0.15, 0.2) is 0 Å². The minimum Gasteiger partial charge on any atom is -0.481 e. The van der Waals surface area contributed by atoms with Gasteiger partial charge in [-0.3, -0.25) is 9.89 Å². The second kappa shape index (κ2) is 5.33. The van der Waals surface area contributed by atoms with Crippen molar-refractivity contribution in [1.82, 2.24) is 20.5 Å². The molecular formula is C8H14N4O2. The molecule has 0 aliphatic heterocycles. The van der Waals surface area contributed by atoms with Gasteiger partial charge in [-0.15, -0.1) is 0 Å². The maximum absolute atomic E-state index is 10.3. The molecule has 1 aromatic heterocycles. The Balaban J connectivity index is 2.15. The molecule has 1 atom stereocenters. The van der Waals surface area contributed by atoms with Gasteiger partial charge < -0.3 is 10.4 Å². The quantitative estimate of drug-likeness (QED) is 0.605. The predicted molar refractivity (Wildman–Crippen MR) is 49.6 cm³/mol. The van der Waals surface area contributed by atoms with E-state index in [0.717, 1.165) is 5.82 Å². The van der Waals surface area contributed by atoms with Crippen LogP contribution in [0.1, 0.15) is 25.6 Å². The van der Waals surface area contributed by atoms with Crippen LogP contribution >= 0.6 is 0 Å². The van der Waals surface area contributed by atoms with Crippen molar-refractivity contribution < 1.29 is 9.90 Å². The van der Waals surface area contributed by atoms with E-state index in [0.29, 0.717) is 13.0 Å². The van der Waals surface area contributed by atoms with Crippen molar-refractivity contribution >= 4 is 5.97 Å². The average Bonchev–Trinajstić information content (AvgIpc) is 2.63. The number of carboxylic acids is 1. The fourth-order valence-electron chi connectivity index (χ4n) is 1.03. The standard InChI is InChI=1S/C8H14N4O2/c1-6(2-3-8(13)14)9-4-7-10-5-11-12-7/h5-6,9H,2-4H2,1H3,(H,13,14)(H,10,11,12). The van der Waals surface area contributed by atoms with Crippen molar-refractivity contribution in [2.45, 2.75) is 32.4 Å². The largest absolute Gasteiger partial charge is 0.481 e. The first kappa shape index (κ1) is 10.6. The van der Waals surface area contributed by atoms with Crippen LogP contribution in [-0.2, 0) is 11.3 Å². The Morgan fingerprint density at radius 1 is 1.79 bits per heavy atom. The highest BCUT2D eigenvalue weighted by Gasteiger charge is 2.05. The second-order valence-electron chi connectivity index (χ2n) is 3.15. The zero-order valence-corrected chi connectivity index (χ0v) is 8.03. The summed E-state index contributed by atoms with van der Waals surface area (Å²) in [7, 11) is 0. The molecular weight excluding hydrogens is 184 g/mol. The molecule has 1 rings (SSSR count). The normalized spacial score (nSPS) is 12.6. The number of nitrogens with one attached hydrogen (secondary N) is 2. The molecule has 0 fully saturated rings. The molecule has 0 aliphatic rings. The number of carbonyl (C=O) groups is 1. The van der Waals surface area contributed by atoms with Crippen molar-refractivity contribution in [3.8, 4) is 0 Å². The highest BCUT2D eigenvalue weighted by atomic mass is 16.4. The first-order chi connectivity index (χ1) is 6.68. The molecule has 0 aliphatic carbocycles. The zero-order chi connectivity index (χ0) is 10.4. The van der Waals surface area contributed by atoms with E-state index >= 15 is 0 Å². The number of carboxylic acid groups (broad SMARTS) is 1. The third kappa shape index (κ3) is 3.99. The maximum Gasteiger partial charge on any atom is 0.303 e. The molecule has 1 aromatic rings. The van der Waals surface area contributed by atoms with Crippen molar-refractivity contribution in [1.29, 1.82) is 0 Å². The summed E-state index contributed by atoms with van der Waals surface area (Å²) in [5.74, 6) is -0.00881. The molecule has 6 nitrogen and oxygen atoms in total. The Morgan fingerprint density at radius 2 is 2.57 bits per heavy atom. The number of rotatable bonds is 6. The second-order valence-corrected chi connectivity index (χ2v) is 3.15.